The molecule has 2 aliphatic rings. The van der Waals surface area contributed by atoms with Crippen molar-refractivity contribution in [3.8, 4) is 0 Å². The highest BCUT2D eigenvalue weighted by atomic mass is 16.6. The van der Waals surface area contributed by atoms with Gasteiger partial charge in [0.25, 0.3) is 0 Å². The van der Waals surface area contributed by atoms with E-state index in [0.29, 0.717) is 39.6 Å². The molecule has 0 saturated carbocycles. The van der Waals surface area contributed by atoms with Crippen molar-refractivity contribution in [3.63, 3.8) is 0 Å². The van der Waals surface area contributed by atoms with Gasteiger partial charge in [-0.25, -0.2) is 0 Å². The number of ether oxygens (including phenoxy) is 7. The molecule has 2 fully saturated rings. The van der Waals surface area contributed by atoms with E-state index < -0.39 is 6.10 Å². The van der Waals surface area contributed by atoms with Crippen molar-refractivity contribution < 1.29 is 38.3 Å². The van der Waals surface area contributed by atoms with E-state index in [-0.39, 0.29) is 31.5 Å². The van der Waals surface area contributed by atoms with Crippen LogP contribution >= 0.6 is 0 Å². The quantitative estimate of drug-likeness (QED) is 0.280. The summed E-state index contributed by atoms with van der Waals surface area (Å²) in [7, 11) is 1.65. The third-order valence-electron chi connectivity index (χ3n) is 3.49. The molecular weight excluding hydrogens is 320 g/mol. The van der Waals surface area contributed by atoms with Gasteiger partial charge >= 0.3 is 0 Å². The molecule has 24 heavy (non-hydrogen) atoms. The molecule has 4 atom stereocenters. The van der Waals surface area contributed by atoms with E-state index in [1.807, 2.05) is 0 Å². The lowest BCUT2D eigenvalue weighted by Gasteiger charge is -2.19. The van der Waals surface area contributed by atoms with Crippen LogP contribution in [-0.2, 0) is 33.2 Å². The van der Waals surface area contributed by atoms with Crippen molar-refractivity contribution in [2.24, 2.45) is 0 Å². The number of rotatable bonds is 17. The second kappa shape index (κ2) is 12.1. The molecule has 0 aromatic heterocycles. The average Bonchev–Trinajstić information content (AvgIpc) is 3.46. The molecule has 0 aromatic carbocycles. The van der Waals surface area contributed by atoms with Gasteiger partial charge in [0.15, 0.2) is 0 Å². The summed E-state index contributed by atoms with van der Waals surface area (Å²) >= 11 is 0. The maximum absolute atomic E-state index is 9.81. The first kappa shape index (κ1) is 20.0. The topological polar surface area (TPSA) is 91.4 Å². The molecule has 1 N–H and O–H groups in total. The summed E-state index contributed by atoms with van der Waals surface area (Å²) in [5, 5.41) is 9.81. The van der Waals surface area contributed by atoms with Crippen molar-refractivity contribution in [2.45, 2.75) is 30.8 Å². The Morgan fingerprint density at radius 2 is 1.58 bits per heavy atom. The predicted molar refractivity (Wildman–Crippen MR) is 84.2 cm³/mol. The maximum Gasteiger partial charge on any atom is 0.104 e. The lowest BCUT2D eigenvalue weighted by atomic mass is 10.3. The zero-order chi connectivity index (χ0) is 17.0. The second-order valence-corrected chi connectivity index (χ2v) is 6.02. The van der Waals surface area contributed by atoms with Gasteiger partial charge in [0, 0.05) is 20.3 Å². The Bertz CT molecular complexity index is 308. The fraction of sp³-hybridized carbons (Fsp3) is 1.00. The molecule has 4 unspecified atom stereocenters. The maximum atomic E-state index is 9.81. The molecule has 2 saturated heterocycles. The number of hydrogen-bond acceptors (Lipinski definition) is 8. The van der Waals surface area contributed by atoms with Crippen molar-refractivity contribution in [1.29, 1.82) is 0 Å². The first-order valence-electron chi connectivity index (χ1n) is 8.53. The summed E-state index contributed by atoms with van der Waals surface area (Å²) in [5.74, 6) is 0. The molecule has 8 heteroatoms. The number of aliphatic hydroxyl groups is 1. The Morgan fingerprint density at radius 1 is 0.917 bits per heavy atom. The summed E-state index contributed by atoms with van der Waals surface area (Å²) in [4.78, 5) is 0. The summed E-state index contributed by atoms with van der Waals surface area (Å²) in [6.07, 6.45) is 0.412. The largest absolute Gasteiger partial charge is 0.388 e. The van der Waals surface area contributed by atoms with E-state index in [4.69, 9.17) is 33.2 Å². The van der Waals surface area contributed by atoms with Crippen molar-refractivity contribution in [2.75, 3.05) is 73.2 Å². The van der Waals surface area contributed by atoms with Gasteiger partial charge in [0.05, 0.1) is 52.9 Å². The van der Waals surface area contributed by atoms with Crippen LogP contribution in [0.15, 0.2) is 0 Å². The lowest BCUT2D eigenvalue weighted by molar-refractivity contribution is -0.0836. The second-order valence-electron chi connectivity index (χ2n) is 6.02. The van der Waals surface area contributed by atoms with Crippen molar-refractivity contribution in [1.82, 2.24) is 0 Å². The third kappa shape index (κ3) is 10.5. The van der Waals surface area contributed by atoms with Crippen LogP contribution in [0.3, 0.4) is 0 Å². The van der Waals surface area contributed by atoms with Crippen LogP contribution in [0.5, 0.6) is 0 Å². The van der Waals surface area contributed by atoms with Crippen LogP contribution < -0.4 is 0 Å². The minimum absolute atomic E-state index is 0.178. The van der Waals surface area contributed by atoms with Gasteiger partial charge < -0.3 is 38.3 Å². The SMILES string of the molecule is COCCCOCC(O)COCC(COCC1CO1)OCC1CO1. The van der Waals surface area contributed by atoms with Crippen LogP contribution in [0.4, 0.5) is 0 Å². The highest BCUT2D eigenvalue weighted by molar-refractivity contribution is 4.71. The normalized spacial score (nSPS) is 24.8. The molecule has 2 aliphatic heterocycles. The van der Waals surface area contributed by atoms with Crippen LogP contribution in [-0.4, -0.2) is 103 Å². The highest BCUT2D eigenvalue weighted by Gasteiger charge is 2.26. The molecule has 0 spiro atoms. The summed E-state index contributed by atoms with van der Waals surface area (Å²) < 4.78 is 37.3. The van der Waals surface area contributed by atoms with E-state index in [1.54, 1.807) is 7.11 Å². The monoisotopic (exact) mass is 350 g/mol. The molecule has 0 bridgehead atoms. The Kier molecular flexibility index (Phi) is 10.1. The first-order chi connectivity index (χ1) is 11.8. The molecule has 8 nitrogen and oxygen atoms in total. The van der Waals surface area contributed by atoms with Gasteiger partial charge in [-0.15, -0.1) is 0 Å². The molecule has 2 heterocycles. The number of hydrogen-bond donors (Lipinski definition) is 1. The fourth-order valence-electron chi connectivity index (χ4n) is 1.96. The molecular formula is C16H30O8. The Morgan fingerprint density at radius 3 is 2.29 bits per heavy atom. The summed E-state index contributed by atoms with van der Waals surface area (Å²) in [6, 6.07) is 0. The minimum atomic E-state index is -0.652. The van der Waals surface area contributed by atoms with Gasteiger partial charge in [-0.2, -0.15) is 0 Å². The van der Waals surface area contributed by atoms with E-state index in [1.165, 1.54) is 0 Å². The highest BCUT2D eigenvalue weighted by Crippen LogP contribution is 2.12. The van der Waals surface area contributed by atoms with Gasteiger partial charge in [-0.05, 0) is 6.42 Å². The Labute approximate surface area is 143 Å². The molecule has 2 rings (SSSR count). The zero-order valence-electron chi connectivity index (χ0n) is 14.4. The Balaban J connectivity index is 1.48. The molecule has 142 valence electrons. The Hall–Kier alpha value is -0.320. The van der Waals surface area contributed by atoms with E-state index in [9.17, 15) is 5.11 Å². The van der Waals surface area contributed by atoms with Crippen LogP contribution in [0.2, 0.25) is 0 Å². The lowest BCUT2D eigenvalue weighted by Crippen LogP contribution is -2.31. The number of epoxide rings is 2. The third-order valence-corrected chi connectivity index (χ3v) is 3.49. The molecule has 0 amide bonds. The van der Waals surface area contributed by atoms with Crippen LogP contribution in [0, 0.1) is 0 Å². The van der Waals surface area contributed by atoms with E-state index in [0.717, 1.165) is 19.6 Å². The molecule has 0 aromatic rings. The van der Waals surface area contributed by atoms with Crippen LogP contribution in [0.1, 0.15) is 6.42 Å². The fourth-order valence-corrected chi connectivity index (χ4v) is 1.96. The van der Waals surface area contributed by atoms with Crippen molar-refractivity contribution >= 4 is 0 Å². The van der Waals surface area contributed by atoms with Gasteiger partial charge in [-0.3, -0.25) is 0 Å². The summed E-state index contributed by atoms with van der Waals surface area (Å²) in [6.45, 7) is 5.13. The van der Waals surface area contributed by atoms with Gasteiger partial charge in [0.1, 0.15) is 24.4 Å². The average molecular weight is 350 g/mol. The van der Waals surface area contributed by atoms with Gasteiger partial charge in [-0.1, -0.05) is 0 Å². The minimum Gasteiger partial charge on any atom is -0.388 e. The van der Waals surface area contributed by atoms with E-state index >= 15 is 0 Å². The number of aliphatic hydroxyl groups excluding tert-OH is 1. The molecule has 0 radical (unpaired) electrons. The number of methoxy groups -OCH3 is 1. The summed E-state index contributed by atoms with van der Waals surface area (Å²) in [5.41, 5.74) is 0. The zero-order valence-corrected chi connectivity index (χ0v) is 14.4. The van der Waals surface area contributed by atoms with Crippen molar-refractivity contribution in [3.05, 3.63) is 0 Å². The smallest absolute Gasteiger partial charge is 0.104 e. The first-order valence-corrected chi connectivity index (χ1v) is 8.53. The van der Waals surface area contributed by atoms with Crippen LogP contribution in [0.25, 0.3) is 0 Å². The molecule has 0 aliphatic carbocycles. The standard InChI is InChI=1S/C16H30O8/c1-18-3-2-4-19-5-13(17)6-20-7-14(22-11-16-12-24-16)8-21-9-15-10-23-15/h13-17H,2-12H2,1H3. The predicted octanol–water partition coefficient (Wildman–Crippen LogP) is -0.384. The van der Waals surface area contributed by atoms with E-state index in [2.05, 4.69) is 0 Å². The van der Waals surface area contributed by atoms with Gasteiger partial charge in [0.2, 0.25) is 0 Å².